The summed E-state index contributed by atoms with van der Waals surface area (Å²) in [4.78, 5) is 0. The van der Waals surface area contributed by atoms with Crippen molar-refractivity contribution in [1.29, 1.82) is 0 Å². The molecular formula is C36H38F5OP. The third-order valence-corrected chi connectivity index (χ3v) is 8.07. The van der Waals surface area contributed by atoms with Gasteiger partial charge in [-0.1, -0.05) is 82.9 Å². The van der Waals surface area contributed by atoms with E-state index in [9.17, 15) is 22.0 Å². The Morgan fingerprint density at radius 1 is 0.488 bits per heavy atom. The second-order valence-electron chi connectivity index (χ2n) is 10.9. The van der Waals surface area contributed by atoms with Gasteiger partial charge < -0.3 is 4.74 Å². The van der Waals surface area contributed by atoms with Crippen molar-refractivity contribution in [3.05, 3.63) is 95.8 Å². The van der Waals surface area contributed by atoms with Gasteiger partial charge in [-0.2, -0.15) is 0 Å². The van der Waals surface area contributed by atoms with Gasteiger partial charge in [0, 0.05) is 16.4 Å². The molecule has 0 aliphatic heterocycles. The number of unbranched alkanes of at least 4 members (excludes halogenated alkanes) is 9. The largest absolute Gasteiger partial charge is 0.492 e. The second kappa shape index (κ2) is 16.0. The first kappa shape index (κ1) is 32.7. The van der Waals surface area contributed by atoms with E-state index in [2.05, 4.69) is 16.2 Å². The highest BCUT2D eigenvalue weighted by molar-refractivity contribution is 7.27. The summed E-state index contributed by atoms with van der Waals surface area (Å²) >= 11 is 0. The number of hydrogen-bond acceptors (Lipinski definition) is 1. The highest BCUT2D eigenvalue weighted by Crippen LogP contribution is 2.43. The molecule has 4 rings (SSSR count). The summed E-state index contributed by atoms with van der Waals surface area (Å²) in [5.74, 6) is -3.98. The van der Waals surface area contributed by atoms with Crippen LogP contribution in [0.4, 0.5) is 22.0 Å². The second-order valence-corrected chi connectivity index (χ2v) is 11.5. The fraction of sp³-hybridized carbons (Fsp3) is 0.333. The van der Waals surface area contributed by atoms with Crippen LogP contribution in [0, 0.1) is 29.1 Å². The topological polar surface area (TPSA) is 9.23 Å². The number of hydrogen-bond donors (Lipinski definition) is 0. The van der Waals surface area contributed by atoms with E-state index in [-0.39, 0.29) is 0 Å². The van der Waals surface area contributed by atoms with Crippen LogP contribution in [0.3, 0.4) is 0 Å². The lowest BCUT2D eigenvalue weighted by Crippen LogP contribution is -2.04. The van der Waals surface area contributed by atoms with Crippen molar-refractivity contribution >= 4 is 14.5 Å². The van der Waals surface area contributed by atoms with E-state index in [4.69, 9.17) is 4.74 Å². The van der Waals surface area contributed by atoms with Crippen molar-refractivity contribution in [2.45, 2.75) is 71.1 Å². The van der Waals surface area contributed by atoms with Gasteiger partial charge in [0.2, 0.25) is 0 Å². The summed E-state index contributed by atoms with van der Waals surface area (Å²) in [6.07, 6.45) is 11.7. The van der Waals surface area contributed by atoms with Gasteiger partial charge in [0.05, 0.1) is 6.61 Å². The van der Waals surface area contributed by atoms with Gasteiger partial charge >= 0.3 is 0 Å². The maximum atomic E-state index is 14.4. The molecule has 0 amide bonds. The third kappa shape index (κ3) is 8.89. The zero-order valence-corrected chi connectivity index (χ0v) is 25.7. The molecule has 1 unspecified atom stereocenters. The molecule has 43 heavy (non-hydrogen) atoms. The molecule has 0 N–H and O–H groups in total. The average molecular weight is 613 g/mol. The van der Waals surface area contributed by atoms with Gasteiger partial charge in [-0.05, 0) is 77.2 Å². The van der Waals surface area contributed by atoms with Crippen LogP contribution in [-0.4, -0.2) is 6.61 Å². The van der Waals surface area contributed by atoms with Crippen molar-refractivity contribution in [3.63, 3.8) is 0 Å². The molecule has 0 bridgehead atoms. The molecule has 0 aromatic heterocycles. The van der Waals surface area contributed by atoms with Crippen LogP contribution in [0.25, 0.3) is 33.4 Å². The van der Waals surface area contributed by atoms with E-state index in [0.29, 0.717) is 51.0 Å². The Kier molecular flexibility index (Phi) is 12.2. The minimum Gasteiger partial charge on any atom is -0.492 e. The quantitative estimate of drug-likeness (QED) is 0.0737. The van der Waals surface area contributed by atoms with Gasteiger partial charge in [0.1, 0.15) is 11.6 Å². The van der Waals surface area contributed by atoms with Crippen LogP contribution in [0.1, 0.15) is 71.1 Å². The lowest BCUT2D eigenvalue weighted by Gasteiger charge is -2.20. The van der Waals surface area contributed by atoms with Crippen LogP contribution >= 0.6 is 9.24 Å². The summed E-state index contributed by atoms with van der Waals surface area (Å²) in [5, 5.41) is 0.339. The summed E-state index contributed by atoms with van der Waals surface area (Å²) in [6.45, 7) is 2.60. The van der Waals surface area contributed by atoms with Crippen molar-refractivity contribution in [2.75, 3.05) is 6.61 Å². The smallest absolute Gasteiger partial charge is 0.159 e. The molecule has 0 fully saturated rings. The first-order chi connectivity index (χ1) is 20.8. The molecule has 4 aromatic carbocycles. The molecule has 0 aliphatic rings. The minimum absolute atomic E-state index is 0.339. The van der Waals surface area contributed by atoms with Crippen LogP contribution in [0.2, 0.25) is 0 Å². The Hall–Kier alpha value is -3.24. The van der Waals surface area contributed by atoms with E-state index in [1.54, 1.807) is 24.3 Å². The number of ether oxygens (including phenoxy) is 1. The molecule has 0 saturated heterocycles. The monoisotopic (exact) mass is 612 g/mol. The zero-order valence-electron chi connectivity index (χ0n) is 24.5. The van der Waals surface area contributed by atoms with Crippen molar-refractivity contribution in [2.24, 2.45) is 0 Å². The molecule has 0 radical (unpaired) electrons. The average Bonchev–Trinajstić information content (AvgIpc) is 3.00. The molecule has 7 heteroatoms. The molecule has 1 atom stereocenters. The predicted octanol–water partition coefficient (Wildman–Crippen LogP) is 11.2. The fourth-order valence-electron chi connectivity index (χ4n) is 5.19. The Bertz CT molecular complexity index is 1450. The zero-order chi connectivity index (χ0) is 30.8. The van der Waals surface area contributed by atoms with Gasteiger partial charge in [0.25, 0.3) is 0 Å². The van der Waals surface area contributed by atoms with Crippen LogP contribution in [0.15, 0.2) is 66.7 Å². The fourth-order valence-corrected chi connectivity index (χ4v) is 5.47. The molecular weight excluding hydrogens is 574 g/mol. The number of benzene rings is 4. The van der Waals surface area contributed by atoms with E-state index in [1.165, 1.54) is 63.1 Å². The molecule has 1 nitrogen and oxygen atoms in total. The van der Waals surface area contributed by atoms with Crippen molar-refractivity contribution < 1.29 is 26.7 Å². The summed E-state index contributed by atoms with van der Waals surface area (Å²) in [7, 11) is 2.36. The lowest BCUT2D eigenvalue weighted by molar-refractivity contribution is 0.306. The van der Waals surface area contributed by atoms with E-state index < -0.39 is 29.1 Å². The Morgan fingerprint density at radius 3 is 1.49 bits per heavy atom. The maximum absolute atomic E-state index is 14.4. The SMILES string of the molecule is CCCCCCCCCCCCOc1c(-c2ccc(F)c(F)c2)cc(-c2ccc(F)c(F)c2)cc1-c1ccc(F)c(P)c1. The molecule has 228 valence electrons. The number of rotatable bonds is 15. The standard InChI is InChI=1S/C36H38F5OP/c1-2-3-4-5-6-7-8-9-10-11-18-42-36-28(25-13-16-31(38)34(41)22-25)19-27(24-12-15-30(37)33(40)21-24)20-29(36)26-14-17-32(39)35(43)23-26/h12-17,19-23H,2-11,18,43H2,1H3. The Morgan fingerprint density at radius 2 is 0.953 bits per heavy atom. The maximum Gasteiger partial charge on any atom is 0.159 e. The van der Waals surface area contributed by atoms with E-state index in [1.807, 2.05) is 0 Å². The molecule has 4 aromatic rings. The van der Waals surface area contributed by atoms with Gasteiger partial charge in [-0.25, -0.2) is 22.0 Å². The molecule has 0 spiro atoms. The summed E-state index contributed by atoms with van der Waals surface area (Å²) in [6, 6.07) is 15.2. The Labute approximate surface area is 253 Å². The Balaban J connectivity index is 1.66. The van der Waals surface area contributed by atoms with Crippen molar-refractivity contribution in [1.82, 2.24) is 0 Å². The van der Waals surface area contributed by atoms with Crippen LogP contribution < -0.4 is 10.0 Å². The van der Waals surface area contributed by atoms with Crippen LogP contribution in [0.5, 0.6) is 5.75 Å². The molecule has 0 heterocycles. The van der Waals surface area contributed by atoms with E-state index >= 15 is 0 Å². The molecule has 0 saturated carbocycles. The normalized spacial score (nSPS) is 11.2. The van der Waals surface area contributed by atoms with Crippen molar-refractivity contribution in [3.8, 4) is 39.1 Å². The predicted molar refractivity (Wildman–Crippen MR) is 169 cm³/mol. The third-order valence-electron chi connectivity index (χ3n) is 7.62. The van der Waals surface area contributed by atoms with Gasteiger partial charge in [-0.3, -0.25) is 0 Å². The molecule has 0 aliphatic carbocycles. The first-order valence-electron chi connectivity index (χ1n) is 15.1. The lowest BCUT2D eigenvalue weighted by atomic mass is 9.91. The highest BCUT2D eigenvalue weighted by atomic mass is 31.0. The summed E-state index contributed by atoms with van der Waals surface area (Å²) < 4.78 is 76.9. The minimum atomic E-state index is -1.02. The summed E-state index contributed by atoms with van der Waals surface area (Å²) in [5.41, 5.74) is 2.90. The number of halogens is 5. The van der Waals surface area contributed by atoms with Crippen LogP contribution in [-0.2, 0) is 0 Å². The first-order valence-corrected chi connectivity index (χ1v) is 15.6. The van der Waals surface area contributed by atoms with Gasteiger partial charge in [0.15, 0.2) is 23.3 Å². The van der Waals surface area contributed by atoms with Gasteiger partial charge in [-0.15, -0.1) is 9.24 Å². The van der Waals surface area contributed by atoms with E-state index in [0.717, 1.165) is 43.5 Å². The highest BCUT2D eigenvalue weighted by Gasteiger charge is 2.19.